The summed E-state index contributed by atoms with van der Waals surface area (Å²) in [5.74, 6) is 0.403. The van der Waals surface area contributed by atoms with Crippen LogP contribution in [0.5, 0.6) is 5.75 Å². The molecule has 1 aliphatic rings. The molecule has 3 rings (SSSR count). The monoisotopic (exact) mass is 380 g/mol. The normalized spacial score (nSPS) is 16.6. The van der Waals surface area contributed by atoms with Gasteiger partial charge in [-0.2, -0.15) is 0 Å². The molecule has 1 atom stereocenters. The Morgan fingerprint density at radius 3 is 2.68 bits per heavy atom. The average Bonchev–Trinajstić information content (AvgIpc) is 2.62. The van der Waals surface area contributed by atoms with Crippen molar-refractivity contribution in [1.29, 1.82) is 0 Å². The molecule has 2 aromatic rings. The van der Waals surface area contributed by atoms with Gasteiger partial charge >= 0.3 is 0 Å². The standard InChI is InChI=1S/C19H21ClN2O2.ClH/c20-17-11-15(14-5-2-1-3-6-14)8-9-18(17)24-13-19(23)22-16-7-4-10-21-12-16;/h1-3,5-6,8-9,11,16,21H,4,7,10,12-13H2,(H,22,23);1H/t16-;/m0./s1. The first-order chi connectivity index (χ1) is 11.7. The number of ether oxygens (including phenoxy) is 1. The van der Waals surface area contributed by atoms with Crippen LogP contribution in [0.4, 0.5) is 0 Å². The average molecular weight is 381 g/mol. The van der Waals surface area contributed by atoms with Gasteiger partial charge in [-0.15, -0.1) is 12.4 Å². The third kappa shape index (κ3) is 5.63. The fourth-order valence-corrected chi connectivity index (χ4v) is 3.05. The Bertz CT molecular complexity index is 689. The van der Waals surface area contributed by atoms with Crippen molar-refractivity contribution in [3.05, 3.63) is 53.6 Å². The zero-order chi connectivity index (χ0) is 16.8. The third-order valence-electron chi connectivity index (χ3n) is 4.06. The molecule has 1 saturated heterocycles. The van der Waals surface area contributed by atoms with Gasteiger partial charge in [0.2, 0.25) is 0 Å². The second-order valence-corrected chi connectivity index (χ2v) is 6.32. The summed E-state index contributed by atoms with van der Waals surface area (Å²) in [5.41, 5.74) is 2.11. The SMILES string of the molecule is Cl.O=C(COc1ccc(-c2ccccc2)cc1Cl)N[C@H]1CCCNC1. The minimum atomic E-state index is -0.119. The van der Waals surface area contributed by atoms with Crippen LogP contribution in [-0.2, 0) is 4.79 Å². The molecule has 0 bridgehead atoms. The molecule has 0 unspecified atom stereocenters. The molecule has 0 spiro atoms. The van der Waals surface area contributed by atoms with E-state index in [0.717, 1.165) is 37.1 Å². The molecule has 4 nitrogen and oxygen atoms in total. The van der Waals surface area contributed by atoms with Gasteiger partial charge in [0.25, 0.3) is 5.91 Å². The van der Waals surface area contributed by atoms with Crippen molar-refractivity contribution in [2.24, 2.45) is 0 Å². The summed E-state index contributed by atoms with van der Waals surface area (Å²) in [7, 11) is 0. The summed E-state index contributed by atoms with van der Waals surface area (Å²) in [6.45, 7) is 1.81. The number of benzene rings is 2. The number of halogens is 2. The molecule has 25 heavy (non-hydrogen) atoms. The summed E-state index contributed by atoms with van der Waals surface area (Å²) < 4.78 is 5.57. The molecule has 1 heterocycles. The maximum atomic E-state index is 12.0. The molecule has 1 aliphatic heterocycles. The lowest BCUT2D eigenvalue weighted by Gasteiger charge is -2.23. The summed E-state index contributed by atoms with van der Waals surface area (Å²) in [4.78, 5) is 12.0. The number of nitrogens with one attached hydrogen (secondary N) is 2. The van der Waals surface area contributed by atoms with E-state index in [4.69, 9.17) is 16.3 Å². The predicted octanol–water partition coefficient (Wildman–Crippen LogP) is 3.68. The number of amides is 1. The van der Waals surface area contributed by atoms with Crippen molar-refractivity contribution >= 4 is 29.9 Å². The second-order valence-electron chi connectivity index (χ2n) is 5.91. The zero-order valence-corrected chi connectivity index (χ0v) is 15.4. The highest BCUT2D eigenvalue weighted by atomic mass is 35.5. The van der Waals surface area contributed by atoms with Crippen molar-refractivity contribution < 1.29 is 9.53 Å². The Morgan fingerprint density at radius 1 is 1.20 bits per heavy atom. The highest BCUT2D eigenvalue weighted by molar-refractivity contribution is 6.32. The van der Waals surface area contributed by atoms with Gasteiger partial charge in [0.05, 0.1) is 5.02 Å². The van der Waals surface area contributed by atoms with Gasteiger partial charge in [-0.05, 0) is 42.6 Å². The van der Waals surface area contributed by atoms with E-state index in [1.807, 2.05) is 42.5 Å². The van der Waals surface area contributed by atoms with Gasteiger partial charge in [0.1, 0.15) is 5.75 Å². The van der Waals surface area contributed by atoms with E-state index in [0.29, 0.717) is 10.8 Å². The van der Waals surface area contributed by atoms with Crippen molar-refractivity contribution in [2.75, 3.05) is 19.7 Å². The lowest BCUT2D eigenvalue weighted by atomic mass is 10.1. The van der Waals surface area contributed by atoms with Gasteiger partial charge in [0, 0.05) is 12.6 Å². The first-order valence-electron chi connectivity index (χ1n) is 8.20. The topological polar surface area (TPSA) is 50.4 Å². The maximum Gasteiger partial charge on any atom is 0.258 e. The van der Waals surface area contributed by atoms with Gasteiger partial charge in [-0.1, -0.05) is 48.0 Å². The Balaban J connectivity index is 0.00000225. The zero-order valence-electron chi connectivity index (χ0n) is 13.8. The number of hydrogen-bond acceptors (Lipinski definition) is 3. The molecule has 0 aliphatic carbocycles. The van der Waals surface area contributed by atoms with Crippen LogP contribution in [-0.4, -0.2) is 31.6 Å². The van der Waals surface area contributed by atoms with Crippen molar-refractivity contribution in [3.8, 4) is 16.9 Å². The predicted molar refractivity (Wildman–Crippen MR) is 104 cm³/mol. The van der Waals surface area contributed by atoms with Gasteiger partial charge in [-0.3, -0.25) is 4.79 Å². The van der Waals surface area contributed by atoms with E-state index in [1.165, 1.54) is 0 Å². The summed E-state index contributed by atoms with van der Waals surface area (Å²) >= 11 is 6.29. The maximum absolute atomic E-state index is 12.0. The van der Waals surface area contributed by atoms with Crippen molar-refractivity contribution in [3.63, 3.8) is 0 Å². The van der Waals surface area contributed by atoms with E-state index in [1.54, 1.807) is 6.07 Å². The van der Waals surface area contributed by atoms with E-state index >= 15 is 0 Å². The first kappa shape index (κ1) is 19.6. The smallest absolute Gasteiger partial charge is 0.258 e. The van der Waals surface area contributed by atoms with Crippen LogP contribution in [0.3, 0.4) is 0 Å². The largest absolute Gasteiger partial charge is 0.482 e. The molecule has 1 fully saturated rings. The van der Waals surface area contributed by atoms with Gasteiger partial charge in [0.15, 0.2) is 6.61 Å². The Morgan fingerprint density at radius 2 is 2.00 bits per heavy atom. The summed E-state index contributed by atoms with van der Waals surface area (Å²) in [5, 5.41) is 6.75. The lowest BCUT2D eigenvalue weighted by Crippen LogP contribution is -2.47. The highest BCUT2D eigenvalue weighted by Gasteiger charge is 2.15. The van der Waals surface area contributed by atoms with Gasteiger partial charge < -0.3 is 15.4 Å². The summed E-state index contributed by atoms with van der Waals surface area (Å²) in [6.07, 6.45) is 2.09. The Kier molecular flexibility index (Phi) is 7.56. The van der Waals surface area contributed by atoms with E-state index < -0.39 is 0 Å². The van der Waals surface area contributed by atoms with Crippen LogP contribution in [0.25, 0.3) is 11.1 Å². The Labute approximate surface area is 159 Å². The van der Waals surface area contributed by atoms with E-state index in [2.05, 4.69) is 10.6 Å². The number of hydrogen-bond donors (Lipinski definition) is 2. The van der Waals surface area contributed by atoms with Crippen LogP contribution in [0.2, 0.25) is 5.02 Å². The van der Waals surface area contributed by atoms with E-state index in [9.17, 15) is 4.79 Å². The van der Waals surface area contributed by atoms with Gasteiger partial charge in [-0.25, -0.2) is 0 Å². The number of rotatable bonds is 5. The minimum Gasteiger partial charge on any atom is -0.482 e. The number of piperidine rings is 1. The molecule has 0 saturated carbocycles. The van der Waals surface area contributed by atoms with Crippen LogP contribution in [0.1, 0.15) is 12.8 Å². The summed E-state index contributed by atoms with van der Waals surface area (Å²) in [6, 6.07) is 15.8. The van der Waals surface area contributed by atoms with Crippen molar-refractivity contribution in [1.82, 2.24) is 10.6 Å². The van der Waals surface area contributed by atoms with Crippen molar-refractivity contribution in [2.45, 2.75) is 18.9 Å². The third-order valence-corrected chi connectivity index (χ3v) is 4.36. The first-order valence-corrected chi connectivity index (χ1v) is 8.58. The molecule has 1 amide bonds. The molecule has 2 aromatic carbocycles. The number of carbonyl (C=O) groups excluding carboxylic acids is 1. The minimum absolute atomic E-state index is 0. The second kappa shape index (κ2) is 9.66. The molecule has 6 heteroatoms. The van der Waals surface area contributed by atoms with Crippen LogP contribution in [0.15, 0.2) is 48.5 Å². The Hall–Kier alpha value is -1.75. The quantitative estimate of drug-likeness (QED) is 0.831. The fraction of sp³-hybridized carbons (Fsp3) is 0.316. The molecular formula is C19H22Cl2N2O2. The van der Waals surface area contributed by atoms with Crippen LogP contribution >= 0.6 is 24.0 Å². The molecule has 2 N–H and O–H groups in total. The highest BCUT2D eigenvalue weighted by Crippen LogP contribution is 2.30. The van der Waals surface area contributed by atoms with Crippen LogP contribution in [0, 0.1) is 0 Å². The molecule has 0 aromatic heterocycles. The fourth-order valence-electron chi connectivity index (χ4n) is 2.82. The lowest BCUT2D eigenvalue weighted by molar-refractivity contribution is -0.123. The number of carbonyl (C=O) groups is 1. The van der Waals surface area contributed by atoms with Crippen LogP contribution < -0.4 is 15.4 Å². The van der Waals surface area contributed by atoms with E-state index in [-0.39, 0.29) is 31.0 Å². The molecule has 0 radical (unpaired) electrons. The molecular weight excluding hydrogens is 359 g/mol. The molecule has 134 valence electrons.